The molecule has 3 aromatic heterocycles. The fourth-order valence-electron chi connectivity index (χ4n) is 2.51. The molecule has 3 heterocycles. The molecule has 2 N–H and O–H groups in total. The number of thiazole rings is 1. The van der Waals surface area contributed by atoms with Crippen LogP contribution >= 0.6 is 11.3 Å². The highest BCUT2D eigenvalue weighted by Crippen LogP contribution is 2.26. The summed E-state index contributed by atoms with van der Waals surface area (Å²) < 4.78 is 11.9. The van der Waals surface area contributed by atoms with Crippen LogP contribution in [0.5, 0.6) is 6.01 Å². The predicted octanol–water partition coefficient (Wildman–Crippen LogP) is 4.14. The molecule has 0 atom stereocenters. The van der Waals surface area contributed by atoms with Gasteiger partial charge in [-0.1, -0.05) is 0 Å². The quantitative estimate of drug-likeness (QED) is 0.492. The van der Waals surface area contributed by atoms with E-state index < -0.39 is 0 Å². The molecule has 8 nitrogen and oxygen atoms in total. The normalized spacial score (nSPS) is 10.9. The molecular weight excluding hydrogens is 364 g/mol. The van der Waals surface area contributed by atoms with Gasteiger partial charge in [0.15, 0.2) is 0 Å². The second-order valence-electron chi connectivity index (χ2n) is 5.67. The maximum atomic E-state index is 5.46. The Balaban J connectivity index is 1.57. The summed E-state index contributed by atoms with van der Waals surface area (Å²) in [4.78, 5) is 17.5. The third kappa shape index (κ3) is 4.14. The van der Waals surface area contributed by atoms with Crippen molar-refractivity contribution < 1.29 is 9.15 Å². The maximum absolute atomic E-state index is 5.46. The molecule has 4 rings (SSSR count). The van der Waals surface area contributed by atoms with E-state index in [0.29, 0.717) is 25.0 Å². The van der Waals surface area contributed by atoms with Gasteiger partial charge >= 0.3 is 6.01 Å². The molecule has 0 saturated carbocycles. The Morgan fingerprint density at radius 1 is 1.11 bits per heavy atom. The van der Waals surface area contributed by atoms with Crippen molar-refractivity contribution in [3.8, 4) is 6.01 Å². The lowest BCUT2D eigenvalue weighted by Gasteiger charge is -2.09. The highest BCUT2D eigenvalue weighted by atomic mass is 32.1. The van der Waals surface area contributed by atoms with Gasteiger partial charge in [-0.25, -0.2) is 4.98 Å². The highest BCUT2D eigenvalue weighted by Gasteiger charge is 2.09. The lowest BCUT2D eigenvalue weighted by Crippen LogP contribution is -2.09. The number of furan rings is 1. The van der Waals surface area contributed by atoms with Crippen molar-refractivity contribution in [2.24, 2.45) is 0 Å². The van der Waals surface area contributed by atoms with Gasteiger partial charge in [-0.15, -0.1) is 11.3 Å². The van der Waals surface area contributed by atoms with Gasteiger partial charge in [0, 0.05) is 5.69 Å². The van der Waals surface area contributed by atoms with E-state index in [2.05, 4.69) is 30.6 Å². The van der Waals surface area contributed by atoms with Gasteiger partial charge in [0.2, 0.25) is 11.9 Å². The van der Waals surface area contributed by atoms with E-state index in [1.54, 1.807) is 17.6 Å². The van der Waals surface area contributed by atoms with Crippen LogP contribution in [0, 0.1) is 6.92 Å². The van der Waals surface area contributed by atoms with Gasteiger partial charge in [0.05, 0.1) is 34.6 Å². The molecule has 9 heteroatoms. The smallest absolute Gasteiger partial charge is 0.323 e. The van der Waals surface area contributed by atoms with Crippen molar-refractivity contribution >= 4 is 39.1 Å². The number of aromatic nitrogens is 4. The Labute approximate surface area is 159 Å². The molecule has 0 spiro atoms. The number of aryl methyl sites for hydroxylation is 1. The first-order chi connectivity index (χ1) is 13.2. The molecular formula is C18H18N6O2S. The number of ether oxygens (including phenoxy) is 1. The van der Waals surface area contributed by atoms with E-state index in [-0.39, 0.29) is 6.01 Å². The Bertz CT molecular complexity index is 1050. The van der Waals surface area contributed by atoms with Gasteiger partial charge < -0.3 is 19.8 Å². The van der Waals surface area contributed by atoms with Crippen molar-refractivity contribution in [2.45, 2.75) is 20.4 Å². The fourth-order valence-corrected chi connectivity index (χ4v) is 3.32. The summed E-state index contributed by atoms with van der Waals surface area (Å²) in [7, 11) is 0. The first kappa shape index (κ1) is 17.2. The third-order valence-corrected chi connectivity index (χ3v) is 4.59. The largest absolute Gasteiger partial charge is 0.467 e. The minimum atomic E-state index is 0.252. The molecule has 1 aromatic carbocycles. The summed E-state index contributed by atoms with van der Waals surface area (Å²) >= 11 is 1.66. The van der Waals surface area contributed by atoms with Crippen molar-refractivity contribution in [2.75, 3.05) is 17.2 Å². The van der Waals surface area contributed by atoms with Crippen LogP contribution in [0.15, 0.2) is 41.0 Å². The molecule has 0 amide bonds. The minimum absolute atomic E-state index is 0.252. The van der Waals surface area contributed by atoms with Gasteiger partial charge in [-0.2, -0.15) is 15.0 Å². The topological polar surface area (TPSA) is 98.0 Å². The predicted molar refractivity (Wildman–Crippen MR) is 105 cm³/mol. The van der Waals surface area contributed by atoms with Crippen LogP contribution in [0.4, 0.5) is 17.6 Å². The molecule has 138 valence electrons. The summed E-state index contributed by atoms with van der Waals surface area (Å²) in [6.07, 6.45) is 1.62. The molecule has 0 bridgehead atoms. The zero-order valence-electron chi connectivity index (χ0n) is 14.9. The van der Waals surface area contributed by atoms with E-state index in [0.717, 1.165) is 26.7 Å². The number of nitrogens with zero attached hydrogens (tertiary/aromatic N) is 4. The number of rotatable bonds is 7. The summed E-state index contributed by atoms with van der Waals surface area (Å²) in [5, 5.41) is 7.35. The molecule has 0 radical (unpaired) electrons. The van der Waals surface area contributed by atoms with Crippen LogP contribution in [-0.2, 0) is 6.54 Å². The SMILES string of the molecule is CCOc1nc(NCc2ccco2)nc(Nc2ccc3sc(C)nc3c2)n1. The first-order valence-electron chi connectivity index (χ1n) is 8.49. The molecule has 4 aromatic rings. The summed E-state index contributed by atoms with van der Waals surface area (Å²) in [6.45, 7) is 4.80. The number of nitrogens with one attached hydrogen (secondary N) is 2. The molecule has 0 aliphatic carbocycles. The lowest BCUT2D eigenvalue weighted by atomic mass is 10.3. The zero-order chi connectivity index (χ0) is 18.6. The van der Waals surface area contributed by atoms with Crippen molar-refractivity contribution in [1.29, 1.82) is 0 Å². The van der Waals surface area contributed by atoms with Crippen molar-refractivity contribution in [1.82, 2.24) is 19.9 Å². The number of fused-ring (bicyclic) bond motifs is 1. The van der Waals surface area contributed by atoms with Crippen molar-refractivity contribution in [3.05, 3.63) is 47.4 Å². The Kier molecular flexibility index (Phi) is 4.84. The van der Waals surface area contributed by atoms with Crippen LogP contribution in [0.3, 0.4) is 0 Å². The van der Waals surface area contributed by atoms with Gasteiger partial charge in [0.25, 0.3) is 0 Å². The Hall–Kier alpha value is -3.20. The maximum Gasteiger partial charge on any atom is 0.323 e. The average molecular weight is 382 g/mol. The molecule has 0 aliphatic rings. The fraction of sp³-hybridized carbons (Fsp3) is 0.222. The lowest BCUT2D eigenvalue weighted by molar-refractivity contribution is 0.312. The van der Waals surface area contributed by atoms with E-state index in [1.807, 2.05) is 44.2 Å². The van der Waals surface area contributed by atoms with Crippen LogP contribution in [0.1, 0.15) is 17.7 Å². The van der Waals surface area contributed by atoms with E-state index in [1.165, 1.54) is 0 Å². The molecule has 27 heavy (non-hydrogen) atoms. The number of anilines is 3. The molecule has 0 saturated heterocycles. The van der Waals surface area contributed by atoms with Crippen LogP contribution in [-0.4, -0.2) is 26.5 Å². The zero-order valence-corrected chi connectivity index (χ0v) is 15.7. The van der Waals surface area contributed by atoms with Crippen LogP contribution in [0.2, 0.25) is 0 Å². The summed E-state index contributed by atoms with van der Waals surface area (Å²) in [5.74, 6) is 1.58. The van der Waals surface area contributed by atoms with E-state index >= 15 is 0 Å². The van der Waals surface area contributed by atoms with Gasteiger partial charge in [-0.3, -0.25) is 0 Å². The standard InChI is InChI=1S/C18H18N6O2S/c1-3-25-18-23-16(19-10-13-5-4-8-26-13)22-17(24-18)21-12-6-7-15-14(9-12)20-11(2)27-15/h4-9H,3,10H2,1-2H3,(H2,19,21,22,23,24). The van der Waals surface area contributed by atoms with E-state index in [4.69, 9.17) is 9.15 Å². The molecule has 0 fully saturated rings. The Morgan fingerprint density at radius 3 is 2.81 bits per heavy atom. The molecule has 0 aliphatic heterocycles. The summed E-state index contributed by atoms with van der Waals surface area (Å²) in [5.41, 5.74) is 1.79. The number of hydrogen-bond donors (Lipinski definition) is 2. The molecule has 0 unspecified atom stereocenters. The minimum Gasteiger partial charge on any atom is -0.467 e. The number of benzene rings is 1. The average Bonchev–Trinajstić information content (AvgIpc) is 3.28. The van der Waals surface area contributed by atoms with Gasteiger partial charge in [0.1, 0.15) is 5.76 Å². The van der Waals surface area contributed by atoms with E-state index in [9.17, 15) is 0 Å². The summed E-state index contributed by atoms with van der Waals surface area (Å²) in [6, 6.07) is 9.94. The second kappa shape index (κ2) is 7.58. The Morgan fingerprint density at radius 2 is 2.00 bits per heavy atom. The third-order valence-electron chi connectivity index (χ3n) is 3.64. The monoisotopic (exact) mass is 382 g/mol. The van der Waals surface area contributed by atoms with Crippen molar-refractivity contribution in [3.63, 3.8) is 0 Å². The van der Waals surface area contributed by atoms with Crippen LogP contribution in [0.25, 0.3) is 10.2 Å². The van der Waals surface area contributed by atoms with Gasteiger partial charge in [-0.05, 0) is 44.2 Å². The van der Waals surface area contributed by atoms with Crippen LogP contribution < -0.4 is 15.4 Å². The second-order valence-corrected chi connectivity index (χ2v) is 6.91. The number of hydrogen-bond acceptors (Lipinski definition) is 9. The first-order valence-corrected chi connectivity index (χ1v) is 9.30. The highest BCUT2D eigenvalue weighted by molar-refractivity contribution is 7.18.